The number of rotatable bonds is 14. The van der Waals surface area contributed by atoms with Crippen molar-refractivity contribution in [2.45, 2.75) is 143 Å². The number of phenolic OH excluding ortho intramolecular Hbond substituents is 1. The molecule has 0 atom stereocenters. The molecule has 0 aliphatic rings. The first-order chi connectivity index (χ1) is 15.9. The van der Waals surface area contributed by atoms with Gasteiger partial charge in [0.2, 0.25) is 0 Å². The summed E-state index contributed by atoms with van der Waals surface area (Å²) in [5.74, 6) is -0.557. The Balaban J connectivity index is 2.43. The molecule has 34 heavy (non-hydrogen) atoms. The molecule has 0 saturated heterocycles. The molecule has 1 aromatic carbocycles. The smallest absolute Gasteiger partial charge is 0.313 e. The zero-order valence-electron chi connectivity index (χ0n) is 23.0. The molecule has 0 fully saturated rings. The largest absolute Gasteiger partial charge is 0.507 e. The number of unbranched alkanes of at least 4 members (excludes halogenated alkanes) is 9. The highest BCUT2D eigenvalue weighted by molar-refractivity contribution is 5.85. The van der Waals surface area contributed by atoms with E-state index >= 15 is 0 Å². The summed E-state index contributed by atoms with van der Waals surface area (Å²) in [5, 5.41) is 10.8. The van der Waals surface area contributed by atoms with Crippen LogP contribution in [0, 0.1) is 0 Å². The summed E-state index contributed by atoms with van der Waals surface area (Å²) < 4.78 is 5.05. The van der Waals surface area contributed by atoms with Gasteiger partial charge in [0.25, 0.3) is 0 Å². The molecule has 194 valence electrons. The second-order valence-corrected chi connectivity index (χ2v) is 11.8. The van der Waals surface area contributed by atoms with Gasteiger partial charge < -0.3 is 9.84 Å². The number of aromatic hydroxyl groups is 1. The molecule has 1 aromatic rings. The molecule has 0 spiro atoms. The molecule has 1 rings (SSSR count). The molecule has 0 unspecified atom stereocenters. The van der Waals surface area contributed by atoms with Crippen molar-refractivity contribution in [2.75, 3.05) is 0 Å². The maximum atomic E-state index is 12.2. The van der Waals surface area contributed by atoms with Gasteiger partial charge >= 0.3 is 11.9 Å². The number of aryl methyl sites for hydroxylation is 1. The number of ether oxygens (including phenoxy) is 1. The van der Waals surface area contributed by atoms with Gasteiger partial charge in [-0.15, -0.1) is 0 Å². The first-order valence-electron chi connectivity index (χ1n) is 13.5. The SMILES string of the molecule is CCCCCCCCCCCCC(=O)OC(=O)CCc1cc(C(C)(C)C)c(O)c(C(C)(C)C)c1. The van der Waals surface area contributed by atoms with Gasteiger partial charge in [-0.3, -0.25) is 9.59 Å². The minimum Gasteiger partial charge on any atom is -0.507 e. The minimum absolute atomic E-state index is 0.154. The topological polar surface area (TPSA) is 63.6 Å². The summed E-state index contributed by atoms with van der Waals surface area (Å²) in [4.78, 5) is 24.3. The van der Waals surface area contributed by atoms with Crippen molar-refractivity contribution < 1.29 is 19.4 Å². The third-order valence-corrected chi connectivity index (χ3v) is 6.37. The second-order valence-electron chi connectivity index (χ2n) is 11.8. The fraction of sp³-hybridized carbons (Fsp3) is 0.733. The van der Waals surface area contributed by atoms with Crippen LogP contribution in [0.5, 0.6) is 5.75 Å². The maximum Gasteiger partial charge on any atom is 0.313 e. The fourth-order valence-electron chi connectivity index (χ4n) is 4.21. The van der Waals surface area contributed by atoms with Crippen molar-refractivity contribution in [3.63, 3.8) is 0 Å². The predicted octanol–water partition coefficient (Wildman–Crippen LogP) is 8.30. The normalized spacial score (nSPS) is 12.1. The van der Waals surface area contributed by atoms with Gasteiger partial charge in [-0.25, -0.2) is 0 Å². The van der Waals surface area contributed by atoms with E-state index < -0.39 is 11.9 Å². The van der Waals surface area contributed by atoms with Gasteiger partial charge in [0.05, 0.1) is 6.42 Å². The summed E-state index contributed by atoms with van der Waals surface area (Å²) in [6, 6.07) is 3.95. The van der Waals surface area contributed by atoms with Crippen LogP contribution in [0.2, 0.25) is 0 Å². The molecule has 0 aliphatic heterocycles. The van der Waals surface area contributed by atoms with E-state index in [9.17, 15) is 14.7 Å². The van der Waals surface area contributed by atoms with Crippen LogP contribution < -0.4 is 0 Å². The summed E-state index contributed by atoms with van der Waals surface area (Å²) in [7, 11) is 0. The highest BCUT2D eigenvalue weighted by Crippen LogP contribution is 2.40. The van der Waals surface area contributed by atoms with Crippen molar-refractivity contribution in [3.05, 3.63) is 28.8 Å². The van der Waals surface area contributed by atoms with Crippen LogP contribution in [0.1, 0.15) is 142 Å². The quantitative estimate of drug-likeness (QED) is 0.167. The number of hydrogen-bond donors (Lipinski definition) is 1. The van der Waals surface area contributed by atoms with Crippen LogP contribution in [0.15, 0.2) is 12.1 Å². The molecule has 1 N–H and O–H groups in total. The Hall–Kier alpha value is -1.84. The molecular weight excluding hydrogens is 424 g/mol. The summed E-state index contributed by atoms with van der Waals surface area (Å²) in [5.41, 5.74) is 2.30. The Labute approximate surface area is 208 Å². The van der Waals surface area contributed by atoms with E-state index in [1.54, 1.807) is 0 Å². The van der Waals surface area contributed by atoms with Gasteiger partial charge in [0.1, 0.15) is 5.75 Å². The summed E-state index contributed by atoms with van der Waals surface area (Å²) in [6.45, 7) is 14.6. The van der Waals surface area contributed by atoms with Crippen molar-refractivity contribution in [3.8, 4) is 5.75 Å². The van der Waals surface area contributed by atoms with Gasteiger partial charge in [-0.1, -0.05) is 118 Å². The van der Waals surface area contributed by atoms with Crippen molar-refractivity contribution in [2.24, 2.45) is 0 Å². The first kappa shape index (κ1) is 30.2. The zero-order valence-corrected chi connectivity index (χ0v) is 23.0. The molecule has 0 bridgehead atoms. The second kappa shape index (κ2) is 14.5. The van der Waals surface area contributed by atoms with E-state index in [0.717, 1.165) is 36.0 Å². The lowest BCUT2D eigenvalue weighted by molar-refractivity contribution is -0.159. The van der Waals surface area contributed by atoms with Crippen molar-refractivity contribution in [1.82, 2.24) is 0 Å². The highest BCUT2D eigenvalue weighted by Gasteiger charge is 2.26. The fourth-order valence-corrected chi connectivity index (χ4v) is 4.21. The monoisotopic (exact) mass is 474 g/mol. The zero-order chi connectivity index (χ0) is 25.8. The number of hydrogen-bond acceptors (Lipinski definition) is 4. The van der Waals surface area contributed by atoms with Crippen LogP contribution in [-0.4, -0.2) is 17.0 Å². The van der Waals surface area contributed by atoms with Crippen LogP contribution >= 0.6 is 0 Å². The molecular formula is C30H50O4. The standard InChI is InChI=1S/C30H50O4/c1-8-9-10-11-12-13-14-15-16-17-18-26(31)34-27(32)20-19-23-21-24(29(2,3)4)28(33)25(22-23)30(5,6)7/h21-22,33H,8-20H2,1-7H3. The Bertz CT molecular complexity index is 730. The average Bonchev–Trinajstić information content (AvgIpc) is 2.72. The maximum absolute atomic E-state index is 12.2. The lowest BCUT2D eigenvalue weighted by Gasteiger charge is -2.28. The van der Waals surface area contributed by atoms with Crippen LogP contribution in [0.3, 0.4) is 0 Å². The van der Waals surface area contributed by atoms with E-state index in [1.807, 2.05) is 12.1 Å². The van der Waals surface area contributed by atoms with E-state index in [4.69, 9.17) is 4.74 Å². The summed E-state index contributed by atoms with van der Waals surface area (Å²) >= 11 is 0. The average molecular weight is 475 g/mol. The molecule has 0 amide bonds. The predicted molar refractivity (Wildman–Crippen MR) is 141 cm³/mol. The number of esters is 2. The molecule has 0 saturated carbocycles. The third-order valence-electron chi connectivity index (χ3n) is 6.37. The summed E-state index contributed by atoms with van der Waals surface area (Å²) in [6.07, 6.45) is 13.0. The Morgan fingerprint density at radius 3 is 1.56 bits per heavy atom. The number of phenols is 1. The first-order valence-corrected chi connectivity index (χ1v) is 13.5. The molecule has 4 heteroatoms. The molecule has 4 nitrogen and oxygen atoms in total. The van der Waals surface area contributed by atoms with E-state index in [-0.39, 0.29) is 17.3 Å². The number of carbonyl (C=O) groups excluding carboxylic acids is 2. The van der Waals surface area contributed by atoms with Gasteiger partial charge in [-0.2, -0.15) is 0 Å². The van der Waals surface area contributed by atoms with Crippen LogP contribution in [0.4, 0.5) is 0 Å². The minimum atomic E-state index is -0.472. The van der Waals surface area contributed by atoms with Gasteiger partial charge in [-0.05, 0) is 40.4 Å². The van der Waals surface area contributed by atoms with Crippen molar-refractivity contribution in [1.29, 1.82) is 0 Å². The van der Waals surface area contributed by atoms with Crippen molar-refractivity contribution >= 4 is 11.9 Å². The van der Waals surface area contributed by atoms with E-state index in [0.29, 0.717) is 18.6 Å². The molecule has 0 aromatic heterocycles. The lowest BCUT2D eigenvalue weighted by atomic mass is 9.78. The Morgan fingerprint density at radius 1 is 0.706 bits per heavy atom. The Kier molecular flexibility index (Phi) is 12.9. The number of benzene rings is 1. The third kappa shape index (κ3) is 11.5. The van der Waals surface area contributed by atoms with Gasteiger partial charge in [0, 0.05) is 6.42 Å². The van der Waals surface area contributed by atoms with E-state index in [1.165, 1.54) is 44.9 Å². The van der Waals surface area contributed by atoms with Gasteiger partial charge in [0.15, 0.2) is 0 Å². The van der Waals surface area contributed by atoms with Crippen LogP contribution in [0.25, 0.3) is 0 Å². The molecule has 0 heterocycles. The lowest BCUT2D eigenvalue weighted by Crippen LogP contribution is -2.18. The highest BCUT2D eigenvalue weighted by atomic mass is 16.6. The van der Waals surface area contributed by atoms with E-state index in [2.05, 4.69) is 48.5 Å². The Morgan fingerprint density at radius 2 is 1.12 bits per heavy atom. The molecule has 0 radical (unpaired) electrons. The van der Waals surface area contributed by atoms with Crippen LogP contribution in [-0.2, 0) is 31.6 Å². The molecule has 0 aliphatic carbocycles. The number of carbonyl (C=O) groups is 2.